The molecule has 54 valence electrons. The van der Waals surface area contributed by atoms with E-state index in [1.807, 2.05) is 6.92 Å². The smallest absolute Gasteiger partial charge is 0.248 e. The summed E-state index contributed by atoms with van der Waals surface area (Å²) in [7, 11) is 0. The maximum atomic E-state index is 10.9. The number of hydrogen-bond donors (Lipinski definition) is 0. The van der Waals surface area contributed by atoms with E-state index in [4.69, 9.17) is 0 Å². The summed E-state index contributed by atoms with van der Waals surface area (Å²) in [5.41, 5.74) is 0.881. The molecule has 0 aliphatic carbocycles. The van der Waals surface area contributed by atoms with Crippen molar-refractivity contribution < 1.29 is 4.79 Å². The minimum absolute atomic E-state index is 0.0670. The molecule has 0 unspecified atom stereocenters. The number of rotatable bonds is 2. The second-order valence-corrected chi connectivity index (χ2v) is 2.28. The van der Waals surface area contributed by atoms with Gasteiger partial charge in [0.1, 0.15) is 0 Å². The van der Waals surface area contributed by atoms with Gasteiger partial charge < -0.3 is 0 Å². The Morgan fingerprint density at radius 1 is 1.90 bits per heavy atom. The average Bonchev–Trinajstić information content (AvgIpc) is 2.13. The van der Waals surface area contributed by atoms with Gasteiger partial charge in [-0.05, 0) is 6.92 Å². The molecule has 0 spiro atoms. The van der Waals surface area contributed by atoms with Crippen molar-refractivity contribution in [2.45, 2.75) is 13.3 Å². The van der Waals surface area contributed by atoms with E-state index in [1.54, 1.807) is 6.08 Å². The first-order valence-corrected chi connectivity index (χ1v) is 3.19. The molecule has 0 aromatic rings. The van der Waals surface area contributed by atoms with Gasteiger partial charge in [0, 0.05) is 5.71 Å². The minimum atomic E-state index is 0.0670. The van der Waals surface area contributed by atoms with E-state index in [2.05, 4.69) is 11.7 Å². The summed E-state index contributed by atoms with van der Waals surface area (Å²) in [6, 6.07) is 0. The highest BCUT2D eigenvalue weighted by atomic mass is 16.2. The molecule has 1 rings (SSSR count). The van der Waals surface area contributed by atoms with Crippen LogP contribution in [0, 0.1) is 0 Å². The molecule has 1 amide bonds. The van der Waals surface area contributed by atoms with Crippen molar-refractivity contribution >= 4 is 11.6 Å². The number of nitrogens with zero attached hydrogens (tertiary/aromatic N) is 2. The predicted octanol–water partition coefficient (Wildman–Crippen LogP) is 0.781. The molecule has 3 nitrogen and oxygen atoms in total. The summed E-state index contributed by atoms with van der Waals surface area (Å²) in [6.07, 6.45) is 2.13. The zero-order chi connectivity index (χ0) is 7.56. The van der Waals surface area contributed by atoms with Crippen LogP contribution in [-0.2, 0) is 4.79 Å². The van der Waals surface area contributed by atoms with Crippen LogP contribution in [0.25, 0.3) is 0 Å². The molecule has 0 radical (unpaired) electrons. The second kappa shape index (κ2) is 2.64. The van der Waals surface area contributed by atoms with Gasteiger partial charge in [-0.15, -0.1) is 6.58 Å². The third kappa shape index (κ3) is 1.23. The van der Waals surface area contributed by atoms with Crippen molar-refractivity contribution in [2.24, 2.45) is 5.10 Å². The Kier molecular flexibility index (Phi) is 1.85. The summed E-state index contributed by atoms with van der Waals surface area (Å²) in [5, 5.41) is 5.42. The van der Waals surface area contributed by atoms with Gasteiger partial charge in [-0.2, -0.15) is 5.10 Å². The molecular weight excluding hydrogens is 128 g/mol. The largest absolute Gasteiger partial charge is 0.273 e. The first-order chi connectivity index (χ1) is 4.74. The number of carbonyl (C=O) groups excluding carboxylic acids is 1. The summed E-state index contributed by atoms with van der Waals surface area (Å²) in [6.45, 7) is 5.89. The van der Waals surface area contributed by atoms with Gasteiger partial charge in [0.25, 0.3) is 0 Å². The summed E-state index contributed by atoms with van der Waals surface area (Å²) in [5.74, 6) is 0.0670. The molecular formula is C7H10N2O. The lowest BCUT2D eigenvalue weighted by Gasteiger charge is -2.06. The molecule has 3 heteroatoms. The second-order valence-electron chi connectivity index (χ2n) is 2.28. The van der Waals surface area contributed by atoms with Crippen molar-refractivity contribution in [1.82, 2.24) is 5.01 Å². The van der Waals surface area contributed by atoms with Gasteiger partial charge in [0.15, 0.2) is 0 Å². The molecule has 0 N–H and O–H groups in total. The SMILES string of the molecule is C=CCN1N=C(C)CC1=O. The minimum Gasteiger partial charge on any atom is -0.273 e. The third-order valence-corrected chi connectivity index (χ3v) is 1.29. The van der Waals surface area contributed by atoms with E-state index < -0.39 is 0 Å². The molecule has 1 aliphatic heterocycles. The fourth-order valence-electron chi connectivity index (χ4n) is 0.872. The van der Waals surface area contributed by atoms with Crippen LogP contribution in [0.4, 0.5) is 0 Å². The highest BCUT2D eigenvalue weighted by Gasteiger charge is 2.18. The van der Waals surface area contributed by atoms with E-state index in [0.29, 0.717) is 13.0 Å². The van der Waals surface area contributed by atoms with Gasteiger partial charge >= 0.3 is 0 Å². The average molecular weight is 138 g/mol. The van der Waals surface area contributed by atoms with E-state index in [-0.39, 0.29) is 5.91 Å². The molecule has 0 atom stereocenters. The lowest BCUT2D eigenvalue weighted by atomic mass is 10.3. The Morgan fingerprint density at radius 3 is 3.00 bits per heavy atom. The van der Waals surface area contributed by atoms with Crippen LogP contribution in [-0.4, -0.2) is 23.2 Å². The third-order valence-electron chi connectivity index (χ3n) is 1.29. The van der Waals surface area contributed by atoms with Crippen LogP contribution in [0.1, 0.15) is 13.3 Å². The quantitative estimate of drug-likeness (QED) is 0.519. The molecule has 0 aromatic heterocycles. The van der Waals surface area contributed by atoms with E-state index in [0.717, 1.165) is 5.71 Å². The van der Waals surface area contributed by atoms with Gasteiger partial charge in [0.2, 0.25) is 5.91 Å². The standard InChI is InChI=1S/C7H10N2O/c1-3-4-9-7(10)5-6(2)8-9/h3H,1,4-5H2,2H3. The molecule has 1 aliphatic rings. The summed E-state index contributed by atoms with van der Waals surface area (Å²) < 4.78 is 0. The molecule has 0 aromatic carbocycles. The highest BCUT2D eigenvalue weighted by molar-refractivity contribution is 6.03. The molecule has 0 saturated carbocycles. The topological polar surface area (TPSA) is 32.7 Å². The van der Waals surface area contributed by atoms with E-state index in [9.17, 15) is 4.79 Å². The molecule has 0 saturated heterocycles. The number of amides is 1. The van der Waals surface area contributed by atoms with Crippen molar-refractivity contribution in [2.75, 3.05) is 6.54 Å². The van der Waals surface area contributed by atoms with Crippen LogP contribution >= 0.6 is 0 Å². The predicted molar refractivity (Wildman–Crippen MR) is 39.6 cm³/mol. The first-order valence-electron chi connectivity index (χ1n) is 3.19. The van der Waals surface area contributed by atoms with Gasteiger partial charge in [-0.1, -0.05) is 6.08 Å². The Morgan fingerprint density at radius 2 is 2.60 bits per heavy atom. The summed E-state index contributed by atoms with van der Waals surface area (Å²) in [4.78, 5) is 10.9. The Hall–Kier alpha value is -1.12. The van der Waals surface area contributed by atoms with Gasteiger partial charge in [0.05, 0.1) is 13.0 Å². The zero-order valence-corrected chi connectivity index (χ0v) is 6.00. The van der Waals surface area contributed by atoms with Gasteiger partial charge in [-0.3, -0.25) is 4.79 Å². The highest BCUT2D eigenvalue weighted by Crippen LogP contribution is 2.06. The van der Waals surface area contributed by atoms with E-state index in [1.165, 1.54) is 5.01 Å². The monoisotopic (exact) mass is 138 g/mol. The van der Waals surface area contributed by atoms with Crippen molar-refractivity contribution in [3.05, 3.63) is 12.7 Å². The lowest BCUT2D eigenvalue weighted by molar-refractivity contribution is -0.128. The maximum absolute atomic E-state index is 10.9. The van der Waals surface area contributed by atoms with Gasteiger partial charge in [-0.25, -0.2) is 5.01 Å². The maximum Gasteiger partial charge on any atom is 0.248 e. The van der Waals surface area contributed by atoms with Crippen LogP contribution in [0.15, 0.2) is 17.8 Å². The number of carbonyl (C=O) groups is 1. The number of hydrogen-bond acceptors (Lipinski definition) is 2. The van der Waals surface area contributed by atoms with Crippen molar-refractivity contribution in [3.63, 3.8) is 0 Å². The fraction of sp³-hybridized carbons (Fsp3) is 0.429. The van der Waals surface area contributed by atoms with Crippen LogP contribution in [0.5, 0.6) is 0 Å². The number of hydrazone groups is 1. The Labute approximate surface area is 60.0 Å². The molecule has 10 heavy (non-hydrogen) atoms. The van der Waals surface area contributed by atoms with Crippen molar-refractivity contribution in [1.29, 1.82) is 0 Å². The van der Waals surface area contributed by atoms with Crippen LogP contribution in [0.3, 0.4) is 0 Å². The van der Waals surface area contributed by atoms with Crippen LogP contribution in [0.2, 0.25) is 0 Å². The van der Waals surface area contributed by atoms with Crippen LogP contribution < -0.4 is 0 Å². The molecule has 0 fully saturated rings. The van der Waals surface area contributed by atoms with Crippen molar-refractivity contribution in [3.8, 4) is 0 Å². The zero-order valence-electron chi connectivity index (χ0n) is 6.00. The summed E-state index contributed by atoms with van der Waals surface area (Å²) >= 11 is 0. The first kappa shape index (κ1) is 6.99. The fourth-order valence-corrected chi connectivity index (χ4v) is 0.872. The lowest BCUT2D eigenvalue weighted by Crippen LogP contribution is -2.20. The molecule has 1 heterocycles. The Balaban J connectivity index is 2.60. The van der Waals surface area contributed by atoms with E-state index >= 15 is 0 Å². The normalized spacial score (nSPS) is 17.5. The Bertz CT molecular complexity index is 196. The molecule has 0 bridgehead atoms.